The van der Waals surface area contributed by atoms with E-state index < -0.39 is 41.0 Å². The lowest BCUT2D eigenvalue weighted by molar-refractivity contribution is -0.150. The van der Waals surface area contributed by atoms with Crippen LogP contribution in [0.3, 0.4) is 0 Å². The number of pyridine rings is 1. The van der Waals surface area contributed by atoms with Crippen LogP contribution in [-0.2, 0) is 19.1 Å². The lowest BCUT2D eigenvalue weighted by Gasteiger charge is -2.22. The van der Waals surface area contributed by atoms with E-state index in [-0.39, 0.29) is 30.5 Å². The van der Waals surface area contributed by atoms with Crippen LogP contribution in [-0.4, -0.2) is 53.3 Å². The number of para-hydroxylation sites is 1. The Hall–Kier alpha value is -5.72. The number of benzene rings is 3. The Balaban J connectivity index is 1.06. The Kier molecular flexibility index (Phi) is 10.1. The monoisotopic (exact) mass is 698 g/mol. The second-order valence-corrected chi connectivity index (χ2v) is 13.6. The fraction of sp³-hybridized carbons (Fsp3) is 0.342. The van der Waals surface area contributed by atoms with E-state index in [0.717, 1.165) is 11.0 Å². The summed E-state index contributed by atoms with van der Waals surface area (Å²) in [6, 6.07) is 18.8. The summed E-state index contributed by atoms with van der Waals surface area (Å²) < 4.78 is 38.2. The summed E-state index contributed by atoms with van der Waals surface area (Å²) in [5.41, 5.74) is -0.162. The van der Waals surface area contributed by atoms with Gasteiger partial charge in [0.05, 0.1) is 17.8 Å². The number of nitrogens with one attached hydrogen (secondary N) is 2. The number of amides is 4. The number of hydrogen-bond acceptors (Lipinski definition) is 9. The highest BCUT2D eigenvalue weighted by Gasteiger charge is 2.46. The molecular formula is C38H39FN4O8. The van der Waals surface area contributed by atoms with Gasteiger partial charge in [0.1, 0.15) is 29.2 Å². The maximum atomic E-state index is 15.5. The van der Waals surface area contributed by atoms with Crippen molar-refractivity contribution in [3.8, 4) is 17.2 Å². The molecule has 13 heteroatoms. The van der Waals surface area contributed by atoms with E-state index >= 15 is 4.39 Å². The summed E-state index contributed by atoms with van der Waals surface area (Å²) in [7, 11) is 0. The molecule has 1 aromatic heterocycles. The zero-order valence-electron chi connectivity index (χ0n) is 28.6. The molecule has 2 fully saturated rings. The molecule has 0 spiro atoms. The quantitative estimate of drug-likeness (QED) is 0.144. The number of rotatable bonds is 12. The maximum absolute atomic E-state index is 15.5. The van der Waals surface area contributed by atoms with Crippen molar-refractivity contribution in [3.05, 3.63) is 84.8 Å². The first kappa shape index (κ1) is 35.1. The van der Waals surface area contributed by atoms with Crippen LogP contribution in [0, 0.1) is 11.7 Å². The number of imide groups is 1. The lowest BCUT2D eigenvalue weighted by atomic mass is 10.2. The molecule has 0 aliphatic heterocycles. The zero-order chi connectivity index (χ0) is 36.2. The smallest absolute Gasteiger partial charge is 0.408 e. The van der Waals surface area contributed by atoms with Gasteiger partial charge in [-0.05, 0) is 88.9 Å². The van der Waals surface area contributed by atoms with Crippen molar-refractivity contribution >= 4 is 46.3 Å². The molecular weight excluding hydrogens is 659 g/mol. The molecule has 0 bridgehead atoms. The number of halogens is 1. The van der Waals surface area contributed by atoms with Crippen LogP contribution >= 0.6 is 0 Å². The molecule has 0 atom stereocenters. The molecule has 0 radical (unpaired) electrons. The largest absolute Gasteiger partial charge is 0.493 e. The van der Waals surface area contributed by atoms with Gasteiger partial charge in [-0.3, -0.25) is 14.6 Å². The second-order valence-electron chi connectivity index (χ2n) is 13.6. The molecule has 266 valence electrons. The van der Waals surface area contributed by atoms with Crippen LogP contribution in [0.5, 0.6) is 17.2 Å². The Morgan fingerprint density at radius 1 is 0.961 bits per heavy atom. The summed E-state index contributed by atoms with van der Waals surface area (Å²) in [6.45, 7) is 5.18. The van der Waals surface area contributed by atoms with Crippen LogP contribution < -0.4 is 25.0 Å². The van der Waals surface area contributed by atoms with Crippen LogP contribution in [0.25, 0.3) is 10.9 Å². The van der Waals surface area contributed by atoms with E-state index in [9.17, 15) is 19.2 Å². The number of urea groups is 1. The predicted octanol–water partition coefficient (Wildman–Crippen LogP) is 7.51. The molecule has 1 heterocycles. The maximum Gasteiger partial charge on any atom is 0.408 e. The average molecular weight is 699 g/mol. The number of carbonyl (C=O) groups excluding carboxylic acids is 4. The SMILES string of the molecule is CC(C)(C)OC(=O)NCC(=O)OC1(CCOc2ccc3c(Oc4ccc(N(C(=O)Nc5ccccc5)C(=O)C5CC5)cc4F)ccnc3c2)CC1. The van der Waals surface area contributed by atoms with Crippen LogP contribution in [0.4, 0.5) is 25.4 Å². The molecule has 2 aliphatic carbocycles. The minimum Gasteiger partial charge on any atom is -0.493 e. The topological polar surface area (TPSA) is 145 Å². The van der Waals surface area contributed by atoms with Gasteiger partial charge in [-0.15, -0.1) is 0 Å². The number of nitrogens with zero attached hydrogens (tertiary/aromatic N) is 2. The van der Waals surface area contributed by atoms with Gasteiger partial charge in [0.2, 0.25) is 5.91 Å². The molecule has 3 aromatic carbocycles. The third-order valence-corrected chi connectivity index (χ3v) is 8.18. The van der Waals surface area contributed by atoms with Gasteiger partial charge in [-0.25, -0.2) is 18.9 Å². The molecule has 2 saturated carbocycles. The van der Waals surface area contributed by atoms with E-state index in [4.69, 9.17) is 18.9 Å². The van der Waals surface area contributed by atoms with E-state index in [1.165, 1.54) is 18.3 Å². The fourth-order valence-electron chi connectivity index (χ4n) is 5.30. The number of alkyl carbamates (subject to hydrolysis) is 1. The molecule has 2 aliphatic rings. The first-order valence-electron chi connectivity index (χ1n) is 16.8. The molecule has 4 amide bonds. The lowest BCUT2D eigenvalue weighted by Crippen LogP contribution is -2.41. The molecule has 12 nitrogen and oxygen atoms in total. The van der Waals surface area contributed by atoms with Crippen LogP contribution in [0.1, 0.15) is 52.9 Å². The van der Waals surface area contributed by atoms with Crippen molar-refractivity contribution in [2.45, 2.75) is 64.1 Å². The van der Waals surface area contributed by atoms with Gasteiger partial charge in [0.25, 0.3) is 0 Å². The summed E-state index contributed by atoms with van der Waals surface area (Å²) in [4.78, 5) is 55.8. The highest BCUT2D eigenvalue weighted by atomic mass is 19.1. The molecule has 6 rings (SSSR count). The minimum atomic E-state index is -0.756. The number of aromatic nitrogens is 1. The van der Waals surface area contributed by atoms with E-state index in [1.54, 1.807) is 75.4 Å². The van der Waals surface area contributed by atoms with Gasteiger partial charge >= 0.3 is 18.1 Å². The fourth-order valence-corrected chi connectivity index (χ4v) is 5.30. The van der Waals surface area contributed by atoms with Gasteiger partial charge in [0.15, 0.2) is 11.6 Å². The van der Waals surface area contributed by atoms with Gasteiger partial charge in [0, 0.05) is 41.7 Å². The normalized spacial score (nSPS) is 14.6. The molecule has 0 saturated heterocycles. The molecule has 51 heavy (non-hydrogen) atoms. The summed E-state index contributed by atoms with van der Waals surface area (Å²) in [5.74, 6) is -1.21. The van der Waals surface area contributed by atoms with Gasteiger partial charge < -0.3 is 29.6 Å². The van der Waals surface area contributed by atoms with Crippen molar-refractivity contribution in [3.63, 3.8) is 0 Å². The van der Waals surface area contributed by atoms with Gasteiger partial charge in [-0.2, -0.15) is 0 Å². The van der Waals surface area contributed by atoms with Crippen molar-refractivity contribution < 1.29 is 42.5 Å². The Morgan fingerprint density at radius 3 is 2.41 bits per heavy atom. The Bertz CT molecular complexity index is 1940. The third-order valence-electron chi connectivity index (χ3n) is 8.18. The first-order chi connectivity index (χ1) is 24.4. The summed E-state index contributed by atoms with van der Waals surface area (Å²) in [5, 5.41) is 5.71. The predicted molar refractivity (Wildman–Crippen MR) is 186 cm³/mol. The Labute approximate surface area is 294 Å². The first-order valence-corrected chi connectivity index (χ1v) is 16.8. The molecule has 0 unspecified atom stereocenters. The Morgan fingerprint density at radius 2 is 1.73 bits per heavy atom. The minimum absolute atomic E-state index is 0.0896. The van der Waals surface area contributed by atoms with Crippen LogP contribution in [0.15, 0.2) is 79.0 Å². The number of anilines is 2. The van der Waals surface area contributed by atoms with E-state index in [2.05, 4.69) is 15.6 Å². The second kappa shape index (κ2) is 14.6. The van der Waals surface area contributed by atoms with Crippen molar-refractivity contribution in [2.75, 3.05) is 23.4 Å². The van der Waals surface area contributed by atoms with Crippen molar-refractivity contribution in [2.24, 2.45) is 5.92 Å². The van der Waals surface area contributed by atoms with E-state index in [1.807, 2.05) is 0 Å². The standard InChI is InChI=1S/C38H39FN4O8/c1-37(2,3)51-36(47)41-23-33(44)50-38(16-17-38)18-20-48-27-12-13-28-30(22-27)40-19-15-31(28)49-32-14-11-26(21-29(32)39)43(34(45)24-9-10-24)35(46)42-25-7-5-4-6-8-25/h4-8,11-15,19,21-22,24H,9-10,16-18,20,23H2,1-3H3,(H,41,47)(H,42,46). The highest BCUT2D eigenvalue weighted by Crippen LogP contribution is 2.43. The van der Waals surface area contributed by atoms with Crippen LogP contribution in [0.2, 0.25) is 0 Å². The number of ether oxygens (including phenoxy) is 4. The van der Waals surface area contributed by atoms with Crippen molar-refractivity contribution in [1.29, 1.82) is 0 Å². The zero-order valence-corrected chi connectivity index (χ0v) is 28.6. The average Bonchev–Trinajstić information content (AvgIpc) is 4.02. The number of esters is 1. The number of hydrogen-bond donors (Lipinski definition) is 2. The molecule has 2 N–H and O–H groups in total. The van der Waals surface area contributed by atoms with Crippen molar-refractivity contribution in [1.82, 2.24) is 10.3 Å². The summed E-state index contributed by atoms with van der Waals surface area (Å²) >= 11 is 0. The van der Waals surface area contributed by atoms with E-state index in [0.29, 0.717) is 60.2 Å². The highest BCUT2D eigenvalue weighted by molar-refractivity contribution is 6.19. The third kappa shape index (κ3) is 9.30. The number of carbonyl (C=O) groups is 4. The van der Waals surface area contributed by atoms with Gasteiger partial charge in [-0.1, -0.05) is 18.2 Å². The number of fused-ring (bicyclic) bond motifs is 1. The molecule has 4 aromatic rings. The summed E-state index contributed by atoms with van der Waals surface area (Å²) in [6.07, 6.45) is 4.04.